The zero-order valence-electron chi connectivity index (χ0n) is 20.5. The van der Waals surface area contributed by atoms with Crippen molar-refractivity contribution in [3.63, 3.8) is 0 Å². The van der Waals surface area contributed by atoms with Crippen molar-refractivity contribution in [2.75, 3.05) is 20.1 Å². The Morgan fingerprint density at radius 1 is 0.743 bits per heavy atom. The van der Waals surface area contributed by atoms with Gasteiger partial charge in [0.2, 0.25) is 5.91 Å². The number of hydrogen-bond donors (Lipinski definition) is 1. The van der Waals surface area contributed by atoms with Gasteiger partial charge in [-0.1, -0.05) is 65.2 Å². The maximum atomic E-state index is 12.9. The van der Waals surface area contributed by atoms with E-state index in [-0.39, 0.29) is 24.1 Å². The molecule has 0 aliphatic rings. The summed E-state index contributed by atoms with van der Waals surface area (Å²) in [6, 6.07) is 21.7. The van der Waals surface area contributed by atoms with Gasteiger partial charge in [0.25, 0.3) is 5.91 Å². The Bertz CT molecular complexity index is 1210. The zero-order valence-corrected chi connectivity index (χ0v) is 20.5. The molecule has 0 fully saturated rings. The van der Waals surface area contributed by atoms with E-state index in [2.05, 4.69) is 5.32 Å². The zero-order chi connectivity index (χ0) is 25.4. The average Bonchev–Trinajstić information content (AvgIpc) is 2.84. The lowest BCUT2D eigenvalue weighted by atomic mass is 10.1. The van der Waals surface area contributed by atoms with E-state index in [1.165, 1.54) is 11.0 Å². The Balaban J connectivity index is 1.68. The maximum Gasteiger partial charge on any atom is 0.343 e. The van der Waals surface area contributed by atoms with Crippen molar-refractivity contribution in [1.82, 2.24) is 10.2 Å². The standard InChI is InChI=1S/C29H30N2O4/c1-20-5-11-23(12-6-20)26(35-29(34)25-15-9-22(3)10-16-25)19-27(32)31(4)18-17-30-28(33)24-13-7-21(2)8-14-24/h5-16,19H,17-18H2,1-4H3,(H,30,33)/b26-19+. The predicted molar refractivity (Wildman–Crippen MR) is 137 cm³/mol. The molecule has 3 aromatic carbocycles. The molecule has 3 rings (SSSR count). The van der Waals surface area contributed by atoms with E-state index in [4.69, 9.17) is 4.74 Å². The van der Waals surface area contributed by atoms with Crippen LogP contribution >= 0.6 is 0 Å². The van der Waals surface area contributed by atoms with Crippen LogP contribution in [0.2, 0.25) is 0 Å². The molecule has 0 aliphatic carbocycles. The molecule has 6 nitrogen and oxygen atoms in total. The largest absolute Gasteiger partial charge is 0.422 e. The van der Waals surface area contributed by atoms with Gasteiger partial charge in [-0.2, -0.15) is 0 Å². The van der Waals surface area contributed by atoms with Gasteiger partial charge in [-0.15, -0.1) is 0 Å². The van der Waals surface area contributed by atoms with Gasteiger partial charge < -0.3 is 15.0 Å². The minimum Gasteiger partial charge on any atom is -0.422 e. The summed E-state index contributed by atoms with van der Waals surface area (Å²) in [6.07, 6.45) is 1.30. The van der Waals surface area contributed by atoms with Crippen LogP contribution in [0.1, 0.15) is 43.0 Å². The highest BCUT2D eigenvalue weighted by molar-refractivity contribution is 5.98. The van der Waals surface area contributed by atoms with Gasteiger partial charge in [0.15, 0.2) is 0 Å². The highest BCUT2D eigenvalue weighted by Crippen LogP contribution is 2.19. The topological polar surface area (TPSA) is 75.7 Å². The summed E-state index contributed by atoms with van der Waals surface area (Å²) in [7, 11) is 1.63. The van der Waals surface area contributed by atoms with Crippen LogP contribution in [0.3, 0.4) is 0 Å². The van der Waals surface area contributed by atoms with Gasteiger partial charge in [-0.3, -0.25) is 9.59 Å². The van der Waals surface area contributed by atoms with Crippen molar-refractivity contribution < 1.29 is 19.1 Å². The number of aryl methyl sites for hydroxylation is 3. The molecule has 0 saturated heterocycles. The van der Waals surface area contributed by atoms with Crippen LogP contribution in [0, 0.1) is 20.8 Å². The number of benzene rings is 3. The summed E-state index contributed by atoms with van der Waals surface area (Å²) >= 11 is 0. The van der Waals surface area contributed by atoms with E-state index < -0.39 is 5.97 Å². The minimum atomic E-state index is -0.544. The molecule has 0 spiro atoms. The van der Waals surface area contributed by atoms with Crippen LogP contribution in [0.15, 0.2) is 78.9 Å². The van der Waals surface area contributed by atoms with Gasteiger partial charge in [0, 0.05) is 37.3 Å². The Labute approximate surface area is 206 Å². The molecule has 0 radical (unpaired) electrons. The predicted octanol–water partition coefficient (Wildman–Crippen LogP) is 4.70. The number of nitrogens with zero attached hydrogens (tertiary/aromatic N) is 1. The first-order valence-corrected chi connectivity index (χ1v) is 11.4. The molecule has 0 aromatic heterocycles. The summed E-state index contributed by atoms with van der Waals surface area (Å²) < 4.78 is 5.64. The second-order valence-corrected chi connectivity index (χ2v) is 8.51. The molecule has 180 valence electrons. The number of rotatable bonds is 8. The second kappa shape index (κ2) is 11.8. The Morgan fingerprint density at radius 3 is 1.71 bits per heavy atom. The van der Waals surface area contributed by atoms with Crippen molar-refractivity contribution in [3.8, 4) is 0 Å². The molecule has 3 aromatic rings. The fourth-order valence-electron chi connectivity index (χ4n) is 3.21. The number of carbonyl (C=O) groups is 3. The lowest BCUT2D eigenvalue weighted by Crippen LogP contribution is -2.35. The number of amides is 2. The number of esters is 1. The smallest absolute Gasteiger partial charge is 0.343 e. The van der Waals surface area contributed by atoms with Crippen molar-refractivity contribution in [1.29, 1.82) is 0 Å². The van der Waals surface area contributed by atoms with E-state index >= 15 is 0 Å². The van der Waals surface area contributed by atoms with Crippen molar-refractivity contribution in [3.05, 3.63) is 112 Å². The Morgan fingerprint density at radius 2 is 1.20 bits per heavy atom. The minimum absolute atomic E-state index is 0.163. The Kier molecular flexibility index (Phi) is 8.57. The summed E-state index contributed by atoms with van der Waals surface area (Å²) in [5.41, 5.74) is 4.73. The normalized spacial score (nSPS) is 11.0. The molecule has 0 heterocycles. The first-order valence-electron chi connectivity index (χ1n) is 11.4. The van der Waals surface area contributed by atoms with Crippen LogP contribution in [0.4, 0.5) is 0 Å². The van der Waals surface area contributed by atoms with E-state index in [9.17, 15) is 14.4 Å². The molecule has 0 atom stereocenters. The summed E-state index contributed by atoms with van der Waals surface area (Å²) in [4.78, 5) is 39.4. The van der Waals surface area contributed by atoms with Crippen LogP contribution in [0.5, 0.6) is 0 Å². The van der Waals surface area contributed by atoms with Crippen LogP contribution in [0.25, 0.3) is 5.76 Å². The summed E-state index contributed by atoms with van der Waals surface area (Å²) in [5.74, 6) is -0.926. The highest BCUT2D eigenvalue weighted by Gasteiger charge is 2.16. The summed E-state index contributed by atoms with van der Waals surface area (Å²) in [6.45, 7) is 6.42. The quantitative estimate of drug-likeness (QED) is 0.294. The first kappa shape index (κ1) is 25.4. The molecular formula is C29H30N2O4. The van der Waals surface area contributed by atoms with Gasteiger partial charge >= 0.3 is 5.97 Å². The molecule has 0 unspecified atom stereocenters. The number of likely N-dealkylation sites (N-methyl/N-ethyl adjacent to an activating group) is 1. The van der Waals surface area contributed by atoms with Crippen LogP contribution in [-0.4, -0.2) is 42.8 Å². The van der Waals surface area contributed by atoms with E-state index in [1.54, 1.807) is 43.4 Å². The van der Waals surface area contributed by atoms with E-state index in [0.29, 0.717) is 23.2 Å². The maximum absolute atomic E-state index is 12.9. The van der Waals surface area contributed by atoms with Crippen LogP contribution < -0.4 is 5.32 Å². The van der Waals surface area contributed by atoms with Gasteiger partial charge in [-0.05, 0) is 45.0 Å². The molecule has 0 saturated carbocycles. The van der Waals surface area contributed by atoms with Gasteiger partial charge in [-0.25, -0.2) is 4.79 Å². The van der Waals surface area contributed by atoms with Gasteiger partial charge in [0.1, 0.15) is 5.76 Å². The number of carbonyl (C=O) groups excluding carboxylic acids is 3. The van der Waals surface area contributed by atoms with Crippen molar-refractivity contribution >= 4 is 23.5 Å². The highest BCUT2D eigenvalue weighted by atomic mass is 16.5. The molecule has 0 bridgehead atoms. The number of nitrogens with one attached hydrogen (secondary N) is 1. The number of ether oxygens (including phenoxy) is 1. The van der Waals surface area contributed by atoms with Crippen LogP contribution in [-0.2, 0) is 9.53 Å². The van der Waals surface area contributed by atoms with E-state index in [1.807, 2.05) is 57.2 Å². The van der Waals surface area contributed by atoms with Crippen molar-refractivity contribution in [2.24, 2.45) is 0 Å². The Hall–Kier alpha value is -4.19. The second-order valence-electron chi connectivity index (χ2n) is 8.51. The third-order valence-corrected chi connectivity index (χ3v) is 5.50. The lowest BCUT2D eigenvalue weighted by Gasteiger charge is -2.17. The fourth-order valence-corrected chi connectivity index (χ4v) is 3.21. The third kappa shape index (κ3) is 7.40. The first-order chi connectivity index (χ1) is 16.7. The molecule has 0 aliphatic heterocycles. The molecule has 1 N–H and O–H groups in total. The number of hydrogen-bond acceptors (Lipinski definition) is 4. The van der Waals surface area contributed by atoms with E-state index in [0.717, 1.165) is 16.7 Å². The molecule has 2 amide bonds. The SMILES string of the molecule is Cc1ccc(C(=O)NCCN(C)C(=O)/C=C(/OC(=O)c2ccc(C)cc2)c2ccc(C)cc2)cc1. The third-order valence-electron chi connectivity index (χ3n) is 5.50. The van der Waals surface area contributed by atoms with Gasteiger partial charge in [0.05, 0.1) is 5.56 Å². The molecule has 35 heavy (non-hydrogen) atoms. The molecule has 6 heteroatoms. The lowest BCUT2D eigenvalue weighted by molar-refractivity contribution is -0.124. The summed E-state index contributed by atoms with van der Waals surface area (Å²) in [5, 5.41) is 2.81. The molecular weight excluding hydrogens is 440 g/mol. The average molecular weight is 471 g/mol. The van der Waals surface area contributed by atoms with Crippen molar-refractivity contribution in [2.45, 2.75) is 20.8 Å². The monoisotopic (exact) mass is 470 g/mol. The fraction of sp³-hybridized carbons (Fsp3) is 0.207.